The van der Waals surface area contributed by atoms with Crippen molar-refractivity contribution in [2.75, 3.05) is 19.6 Å². The van der Waals surface area contributed by atoms with Gasteiger partial charge < -0.3 is 5.32 Å². The minimum Gasteiger partial charge on any atom is -0.354 e. The van der Waals surface area contributed by atoms with Crippen molar-refractivity contribution in [2.45, 2.75) is 58.5 Å². The molecule has 1 aromatic carbocycles. The zero-order chi connectivity index (χ0) is 20.6. The molecule has 1 saturated carbocycles. The SMILES string of the molecule is CC(C)CNC(=O)C12CC3CCN(CC(C)C)C(C3C=N1)C2Cc1ccccc1. The number of rotatable bonds is 7. The quantitative estimate of drug-likeness (QED) is 0.763. The van der Waals surface area contributed by atoms with Gasteiger partial charge in [0.2, 0.25) is 5.91 Å². The lowest BCUT2D eigenvalue weighted by Crippen LogP contribution is -2.70. The van der Waals surface area contributed by atoms with E-state index in [1.807, 2.05) is 0 Å². The highest BCUT2D eigenvalue weighted by atomic mass is 16.2. The number of carbonyl (C=O) groups excluding carboxylic acids is 1. The van der Waals surface area contributed by atoms with Crippen molar-refractivity contribution in [1.29, 1.82) is 0 Å². The van der Waals surface area contributed by atoms with Gasteiger partial charge in [-0.1, -0.05) is 58.0 Å². The van der Waals surface area contributed by atoms with Crippen molar-refractivity contribution < 1.29 is 4.79 Å². The Labute approximate surface area is 176 Å². The van der Waals surface area contributed by atoms with Gasteiger partial charge in [-0.3, -0.25) is 14.7 Å². The van der Waals surface area contributed by atoms with E-state index in [2.05, 4.69) is 74.5 Å². The van der Waals surface area contributed by atoms with Crippen LogP contribution in [0.5, 0.6) is 0 Å². The van der Waals surface area contributed by atoms with E-state index in [4.69, 9.17) is 4.99 Å². The van der Waals surface area contributed by atoms with E-state index in [9.17, 15) is 4.79 Å². The molecular formula is C25H37N3O. The van der Waals surface area contributed by atoms with Crippen LogP contribution in [-0.4, -0.2) is 48.2 Å². The maximum Gasteiger partial charge on any atom is 0.248 e. The lowest BCUT2D eigenvalue weighted by atomic mass is 9.55. The van der Waals surface area contributed by atoms with Crippen molar-refractivity contribution in [3.05, 3.63) is 35.9 Å². The molecule has 3 heterocycles. The van der Waals surface area contributed by atoms with E-state index in [0.29, 0.717) is 29.7 Å². The molecule has 3 aliphatic heterocycles. The topological polar surface area (TPSA) is 44.7 Å². The third-order valence-electron chi connectivity index (χ3n) is 7.19. The summed E-state index contributed by atoms with van der Waals surface area (Å²) in [4.78, 5) is 21.3. The number of benzene rings is 1. The molecule has 158 valence electrons. The minimum atomic E-state index is -0.607. The molecule has 4 heteroatoms. The van der Waals surface area contributed by atoms with E-state index in [1.54, 1.807) is 0 Å². The molecule has 5 unspecified atom stereocenters. The molecule has 1 aromatic rings. The van der Waals surface area contributed by atoms with Crippen molar-refractivity contribution in [1.82, 2.24) is 10.2 Å². The van der Waals surface area contributed by atoms with Gasteiger partial charge >= 0.3 is 0 Å². The average molecular weight is 396 g/mol. The molecule has 0 spiro atoms. The molecule has 0 aromatic heterocycles. The lowest BCUT2D eigenvalue weighted by molar-refractivity contribution is -0.138. The number of carbonyl (C=O) groups is 1. The number of hydrogen-bond acceptors (Lipinski definition) is 3. The number of aliphatic imine (C=N–C) groups is 1. The summed E-state index contributed by atoms with van der Waals surface area (Å²) in [5, 5.41) is 3.26. The van der Waals surface area contributed by atoms with Gasteiger partial charge in [-0.25, -0.2) is 0 Å². The fourth-order valence-electron chi connectivity index (χ4n) is 5.98. The van der Waals surface area contributed by atoms with E-state index in [-0.39, 0.29) is 11.8 Å². The molecule has 29 heavy (non-hydrogen) atoms. The largest absolute Gasteiger partial charge is 0.354 e. The summed E-state index contributed by atoms with van der Waals surface area (Å²) in [5.74, 6) is 2.56. The normalized spacial score (nSPS) is 33.4. The van der Waals surface area contributed by atoms with Gasteiger partial charge in [0.25, 0.3) is 0 Å². The first-order valence-corrected chi connectivity index (χ1v) is 11.5. The number of nitrogens with zero attached hydrogens (tertiary/aromatic N) is 2. The summed E-state index contributed by atoms with van der Waals surface area (Å²) < 4.78 is 0. The van der Waals surface area contributed by atoms with Crippen LogP contribution in [0.1, 0.15) is 46.1 Å². The van der Waals surface area contributed by atoms with Gasteiger partial charge in [0.15, 0.2) is 0 Å². The first kappa shape index (κ1) is 20.6. The minimum absolute atomic E-state index is 0.155. The Morgan fingerprint density at radius 2 is 1.97 bits per heavy atom. The molecule has 2 fully saturated rings. The van der Waals surface area contributed by atoms with E-state index < -0.39 is 5.54 Å². The molecular weight excluding hydrogens is 358 g/mol. The first-order chi connectivity index (χ1) is 13.9. The highest BCUT2D eigenvalue weighted by Crippen LogP contribution is 2.53. The first-order valence-electron chi connectivity index (χ1n) is 11.5. The number of piperidine rings is 1. The maximum atomic E-state index is 13.6. The highest BCUT2D eigenvalue weighted by Gasteiger charge is 2.61. The van der Waals surface area contributed by atoms with Gasteiger partial charge in [0, 0.05) is 37.2 Å². The van der Waals surface area contributed by atoms with Gasteiger partial charge in [-0.05, 0) is 49.1 Å². The number of likely N-dealkylation sites (tertiary alicyclic amines) is 1. The summed E-state index contributed by atoms with van der Waals surface area (Å²) in [6.07, 6.45) is 5.20. The predicted octanol–water partition coefficient (Wildman–Crippen LogP) is 3.81. The average Bonchev–Trinajstić information content (AvgIpc) is 2.70. The molecule has 1 saturated heterocycles. The monoisotopic (exact) mass is 395 g/mol. The van der Waals surface area contributed by atoms with Crippen LogP contribution in [0.4, 0.5) is 0 Å². The second-order valence-electron chi connectivity index (χ2n) is 10.3. The molecule has 0 radical (unpaired) electrons. The molecule has 5 rings (SSSR count). The summed E-state index contributed by atoms with van der Waals surface area (Å²) in [5.41, 5.74) is 0.715. The van der Waals surface area contributed by atoms with Crippen LogP contribution < -0.4 is 5.32 Å². The van der Waals surface area contributed by atoms with Crippen LogP contribution in [0, 0.1) is 29.6 Å². The van der Waals surface area contributed by atoms with Gasteiger partial charge in [0.05, 0.1) is 0 Å². The van der Waals surface area contributed by atoms with Crippen LogP contribution in [0.15, 0.2) is 35.3 Å². The summed E-state index contributed by atoms with van der Waals surface area (Å²) in [7, 11) is 0. The fraction of sp³-hybridized carbons (Fsp3) is 0.680. The summed E-state index contributed by atoms with van der Waals surface area (Å²) in [6.45, 7) is 11.9. The zero-order valence-electron chi connectivity index (χ0n) is 18.5. The van der Waals surface area contributed by atoms with Crippen LogP contribution >= 0.6 is 0 Å². The van der Waals surface area contributed by atoms with Crippen molar-refractivity contribution >= 4 is 12.1 Å². The molecule has 5 atom stereocenters. The van der Waals surface area contributed by atoms with Crippen molar-refractivity contribution in [3.63, 3.8) is 0 Å². The smallest absolute Gasteiger partial charge is 0.248 e. The molecule has 1 N–H and O–H groups in total. The molecule has 4 aliphatic rings. The van der Waals surface area contributed by atoms with Crippen LogP contribution in [0.25, 0.3) is 0 Å². The molecule has 1 amide bonds. The Bertz CT molecular complexity index is 744. The number of amides is 1. The zero-order valence-corrected chi connectivity index (χ0v) is 18.5. The third kappa shape index (κ3) is 3.88. The Morgan fingerprint density at radius 3 is 2.66 bits per heavy atom. The third-order valence-corrected chi connectivity index (χ3v) is 7.19. The highest BCUT2D eigenvalue weighted by molar-refractivity contribution is 5.91. The molecule has 1 aliphatic carbocycles. The lowest BCUT2D eigenvalue weighted by Gasteiger charge is -2.60. The van der Waals surface area contributed by atoms with Gasteiger partial charge in [-0.15, -0.1) is 0 Å². The van der Waals surface area contributed by atoms with Gasteiger partial charge in [0.1, 0.15) is 5.54 Å². The Morgan fingerprint density at radius 1 is 1.21 bits per heavy atom. The Hall–Kier alpha value is -1.68. The van der Waals surface area contributed by atoms with Crippen molar-refractivity contribution in [2.24, 2.45) is 34.6 Å². The standard InChI is InChI=1S/C25H37N3O/c1-17(2)14-26-24(29)25-13-20-10-11-28(16-18(3)4)23(21(20)15-27-25)22(25)12-19-8-6-5-7-9-19/h5-9,15,17-18,20-23H,10-14,16H2,1-4H3,(H,26,29). The van der Waals surface area contributed by atoms with E-state index in [1.165, 1.54) is 12.0 Å². The van der Waals surface area contributed by atoms with Gasteiger partial charge in [-0.2, -0.15) is 0 Å². The van der Waals surface area contributed by atoms with Crippen molar-refractivity contribution in [3.8, 4) is 0 Å². The summed E-state index contributed by atoms with van der Waals surface area (Å²) in [6, 6.07) is 11.1. The maximum absolute atomic E-state index is 13.6. The molecule has 4 nitrogen and oxygen atoms in total. The predicted molar refractivity (Wildman–Crippen MR) is 119 cm³/mol. The molecule has 4 bridgehead atoms. The van der Waals surface area contributed by atoms with Crippen LogP contribution in [0.3, 0.4) is 0 Å². The number of hydrogen-bond donors (Lipinski definition) is 1. The second kappa shape index (κ2) is 8.22. The van der Waals surface area contributed by atoms with E-state index >= 15 is 0 Å². The van der Waals surface area contributed by atoms with Crippen LogP contribution in [0.2, 0.25) is 0 Å². The Kier molecular flexibility index (Phi) is 5.83. The Balaban J connectivity index is 1.70. The van der Waals surface area contributed by atoms with Crippen LogP contribution in [-0.2, 0) is 11.2 Å². The second-order valence-corrected chi connectivity index (χ2v) is 10.3. The van der Waals surface area contributed by atoms with E-state index in [0.717, 1.165) is 32.5 Å². The fourth-order valence-corrected chi connectivity index (χ4v) is 5.98. The summed E-state index contributed by atoms with van der Waals surface area (Å²) >= 11 is 0. The number of nitrogens with one attached hydrogen (secondary N) is 1.